The van der Waals surface area contributed by atoms with Gasteiger partial charge in [0.1, 0.15) is 6.04 Å². The van der Waals surface area contributed by atoms with E-state index >= 15 is 0 Å². The van der Waals surface area contributed by atoms with E-state index in [0.29, 0.717) is 32.2 Å². The highest BCUT2D eigenvalue weighted by molar-refractivity contribution is 5.80. The van der Waals surface area contributed by atoms with Gasteiger partial charge >= 0.3 is 0 Å². The van der Waals surface area contributed by atoms with Crippen LogP contribution >= 0.6 is 0 Å². The summed E-state index contributed by atoms with van der Waals surface area (Å²) in [6.07, 6.45) is 3.66. The molecule has 0 bridgehead atoms. The Morgan fingerprint density at radius 3 is 2.84 bits per heavy atom. The van der Waals surface area contributed by atoms with Crippen LogP contribution < -0.4 is 5.32 Å². The van der Waals surface area contributed by atoms with Gasteiger partial charge in [-0.1, -0.05) is 0 Å². The molecule has 2 aliphatic heterocycles. The summed E-state index contributed by atoms with van der Waals surface area (Å²) < 4.78 is 7.30. The van der Waals surface area contributed by atoms with Crippen LogP contribution in [0.3, 0.4) is 0 Å². The number of rotatable bonds is 3. The third-order valence-electron chi connectivity index (χ3n) is 3.99. The number of hydrogen-bond donors (Lipinski definition) is 1. The lowest BCUT2D eigenvalue weighted by molar-refractivity contribution is -0.138. The van der Waals surface area contributed by atoms with E-state index in [-0.39, 0.29) is 11.9 Å². The van der Waals surface area contributed by atoms with Crippen LogP contribution in [0.2, 0.25) is 0 Å². The van der Waals surface area contributed by atoms with Crippen LogP contribution in [0.5, 0.6) is 0 Å². The standard InChI is InChI=1S/C13H20N4O2/c1-10(13(18)16-2-4-19-5-3-16)17-9-15-8-12(17)11-6-14-7-11/h8-11,14H,2-7H2,1H3. The molecule has 0 spiro atoms. The molecular weight excluding hydrogens is 244 g/mol. The molecular formula is C13H20N4O2. The summed E-state index contributed by atoms with van der Waals surface area (Å²) >= 11 is 0. The van der Waals surface area contributed by atoms with Crippen LogP contribution in [0, 0.1) is 0 Å². The van der Waals surface area contributed by atoms with Crippen LogP contribution in [-0.4, -0.2) is 59.8 Å². The minimum absolute atomic E-state index is 0.162. The summed E-state index contributed by atoms with van der Waals surface area (Å²) in [5, 5.41) is 3.26. The van der Waals surface area contributed by atoms with Crippen molar-refractivity contribution in [1.82, 2.24) is 19.8 Å². The van der Waals surface area contributed by atoms with E-state index in [4.69, 9.17) is 4.74 Å². The van der Waals surface area contributed by atoms with Crippen molar-refractivity contribution in [2.45, 2.75) is 18.9 Å². The molecule has 0 saturated carbocycles. The number of carbonyl (C=O) groups excluding carboxylic acids is 1. The molecule has 19 heavy (non-hydrogen) atoms. The first-order valence-electron chi connectivity index (χ1n) is 6.86. The highest BCUT2D eigenvalue weighted by Crippen LogP contribution is 2.23. The molecule has 1 aromatic heterocycles. The maximum absolute atomic E-state index is 12.5. The van der Waals surface area contributed by atoms with Gasteiger partial charge in [-0.15, -0.1) is 0 Å². The number of nitrogens with zero attached hydrogens (tertiary/aromatic N) is 3. The van der Waals surface area contributed by atoms with Crippen LogP contribution in [0.25, 0.3) is 0 Å². The van der Waals surface area contributed by atoms with Crippen LogP contribution in [-0.2, 0) is 9.53 Å². The van der Waals surface area contributed by atoms with Crippen molar-refractivity contribution < 1.29 is 9.53 Å². The Morgan fingerprint density at radius 1 is 1.47 bits per heavy atom. The Hall–Kier alpha value is -1.40. The average Bonchev–Trinajstić information content (AvgIpc) is 2.85. The van der Waals surface area contributed by atoms with Gasteiger partial charge in [-0.3, -0.25) is 4.79 Å². The second-order valence-corrected chi connectivity index (χ2v) is 5.19. The summed E-state index contributed by atoms with van der Waals surface area (Å²) in [5.74, 6) is 0.650. The first-order chi connectivity index (χ1) is 9.27. The van der Waals surface area contributed by atoms with Gasteiger partial charge in [0, 0.05) is 44.0 Å². The molecule has 3 rings (SSSR count). The summed E-state index contributed by atoms with van der Waals surface area (Å²) in [7, 11) is 0. The van der Waals surface area contributed by atoms with E-state index in [0.717, 1.165) is 18.8 Å². The Kier molecular flexibility index (Phi) is 3.52. The fourth-order valence-electron chi connectivity index (χ4n) is 2.62. The number of hydrogen-bond acceptors (Lipinski definition) is 4. The van der Waals surface area contributed by atoms with E-state index in [1.807, 2.05) is 22.6 Å². The van der Waals surface area contributed by atoms with Gasteiger partial charge in [0.05, 0.1) is 19.5 Å². The highest BCUT2D eigenvalue weighted by atomic mass is 16.5. The molecule has 1 amide bonds. The van der Waals surface area contributed by atoms with Crippen molar-refractivity contribution in [3.63, 3.8) is 0 Å². The Balaban J connectivity index is 1.73. The lowest BCUT2D eigenvalue weighted by atomic mass is 9.99. The molecule has 0 aromatic carbocycles. The van der Waals surface area contributed by atoms with Crippen molar-refractivity contribution in [2.75, 3.05) is 39.4 Å². The molecule has 2 fully saturated rings. The number of carbonyl (C=O) groups is 1. The van der Waals surface area contributed by atoms with Gasteiger partial charge in [0.25, 0.3) is 0 Å². The monoisotopic (exact) mass is 264 g/mol. The van der Waals surface area contributed by atoms with Crippen molar-refractivity contribution in [1.29, 1.82) is 0 Å². The predicted octanol–water partition coefficient (Wildman–Crippen LogP) is -0.0103. The number of imidazole rings is 1. The average molecular weight is 264 g/mol. The second-order valence-electron chi connectivity index (χ2n) is 5.19. The van der Waals surface area contributed by atoms with Crippen LogP contribution in [0.4, 0.5) is 0 Å². The molecule has 0 aliphatic carbocycles. The zero-order valence-corrected chi connectivity index (χ0v) is 11.2. The Bertz CT molecular complexity index is 449. The number of morpholine rings is 1. The molecule has 104 valence electrons. The quantitative estimate of drug-likeness (QED) is 0.834. The molecule has 2 aliphatic rings. The zero-order valence-electron chi connectivity index (χ0n) is 11.2. The predicted molar refractivity (Wildman–Crippen MR) is 69.9 cm³/mol. The molecule has 1 atom stereocenters. The van der Waals surface area contributed by atoms with Gasteiger partial charge in [0.15, 0.2) is 0 Å². The van der Waals surface area contributed by atoms with Gasteiger partial charge < -0.3 is 19.5 Å². The molecule has 2 saturated heterocycles. The topological polar surface area (TPSA) is 59.4 Å². The minimum atomic E-state index is -0.184. The molecule has 1 N–H and O–H groups in total. The van der Waals surface area contributed by atoms with Crippen LogP contribution in [0.15, 0.2) is 12.5 Å². The van der Waals surface area contributed by atoms with E-state index in [1.165, 1.54) is 0 Å². The third-order valence-corrected chi connectivity index (χ3v) is 3.99. The van der Waals surface area contributed by atoms with Gasteiger partial charge in [-0.2, -0.15) is 0 Å². The Morgan fingerprint density at radius 2 is 2.21 bits per heavy atom. The molecule has 6 nitrogen and oxygen atoms in total. The smallest absolute Gasteiger partial charge is 0.245 e. The van der Waals surface area contributed by atoms with Crippen molar-refractivity contribution in [3.8, 4) is 0 Å². The zero-order chi connectivity index (χ0) is 13.2. The molecule has 3 heterocycles. The van der Waals surface area contributed by atoms with E-state index < -0.39 is 0 Å². The maximum atomic E-state index is 12.5. The first-order valence-corrected chi connectivity index (χ1v) is 6.86. The fourth-order valence-corrected chi connectivity index (χ4v) is 2.62. The normalized spacial score (nSPS) is 22.1. The summed E-state index contributed by atoms with van der Waals surface area (Å²) in [5.41, 5.74) is 1.16. The van der Waals surface area contributed by atoms with E-state index in [2.05, 4.69) is 10.3 Å². The van der Waals surface area contributed by atoms with Crippen molar-refractivity contribution >= 4 is 5.91 Å². The molecule has 0 radical (unpaired) electrons. The van der Waals surface area contributed by atoms with Gasteiger partial charge in [-0.25, -0.2) is 4.98 Å². The minimum Gasteiger partial charge on any atom is -0.378 e. The van der Waals surface area contributed by atoms with E-state index in [9.17, 15) is 4.79 Å². The fraction of sp³-hybridized carbons (Fsp3) is 0.692. The second kappa shape index (κ2) is 5.30. The summed E-state index contributed by atoms with van der Waals surface area (Å²) in [4.78, 5) is 18.6. The first kappa shape index (κ1) is 12.6. The van der Waals surface area contributed by atoms with Gasteiger partial charge in [-0.05, 0) is 6.92 Å². The molecule has 1 unspecified atom stereocenters. The van der Waals surface area contributed by atoms with Crippen LogP contribution in [0.1, 0.15) is 24.6 Å². The third kappa shape index (κ3) is 2.37. The number of nitrogens with one attached hydrogen (secondary N) is 1. The molecule has 6 heteroatoms. The van der Waals surface area contributed by atoms with Gasteiger partial charge in [0.2, 0.25) is 5.91 Å². The van der Waals surface area contributed by atoms with Crippen molar-refractivity contribution in [3.05, 3.63) is 18.2 Å². The van der Waals surface area contributed by atoms with E-state index in [1.54, 1.807) is 6.33 Å². The largest absolute Gasteiger partial charge is 0.378 e. The summed E-state index contributed by atoms with van der Waals surface area (Å²) in [6.45, 7) is 6.57. The maximum Gasteiger partial charge on any atom is 0.245 e. The SMILES string of the molecule is CC(C(=O)N1CCOCC1)n1cncc1C1CNC1. The lowest BCUT2D eigenvalue weighted by Crippen LogP contribution is -2.45. The number of aromatic nitrogens is 2. The summed E-state index contributed by atoms with van der Waals surface area (Å²) in [6, 6.07) is -0.184. The van der Waals surface area contributed by atoms with Crippen molar-refractivity contribution in [2.24, 2.45) is 0 Å². The lowest BCUT2D eigenvalue weighted by Gasteiger charge is -2.32. The molecule has 1 aromatic rings. The number of ether oxygens (including phenoxy) is 1. The number of amides is 1. The Labute approximate surface area is 112 Å². The highest BCUT2D eigenvalue weighted by Gasteiger charge is 2.28.